The van der Waals surface area contributed by atoms with Crippen molar-refractivity contribution in [3.8, 4) is 0 Å². The minimum atomic E-state index is -5.08. The van der Waals surface area contributed by atoms with E-state index in [0.717, 1.165) is 37.0 Å². The Hall–Kier alpha value is -2.91. The zero-order valence-electron chi connectivity index (χ0n) is 14.2. The van der Waals surface area contributed by atoms with Crippen LogP contribution in [0.4, 0.5) is 24.8 Å². The van der Waals surface area contributed by atoms with Crippen LogP contribution in [0.25, 0.3) is 0 Å². The second-order valence-corrected chi connectivity index (χ2v) is 5.67. The van der Waals surface area contributed by atoms with E-state index in [0.29, 0.717) is 0 Å². The zero-order chi connectivity index (χ0) is 19.3. The van der Waals surface area contributed by atoms with E-state index in [9.17, 15) is 13.2 Å². The molecule has 0 radical (unpaired) electrons. The molecule has 1 aliphatic heterocycles. The summed E-state index contributed by atoms with van der Waals surface area (Å²) in [5.41, 5.74) is 2.17. The molecule has 2 aromatic rings. The number of halogens is 3. The maximum Gasteiger partial charge on any atom is 0.490 e. The standard InChI is InChI=1S/C14H17N5.C2HF3O2/c1-11-5-6-13(17-16-11)19-9-8-18(2)14-12(10-19)4-3-7-15-14;3-2(4,5)1(6)7/h3-7H,8-10H2,1-2H3;(H,6,7). The van der Waals surface area contributed by atoms with Gasteiger partial charge in [-0.2, -0.15) is 18.3 Å². The molecule has 0 unspecified atom stereocenters. The number of carboxylic acid groups (broad SMARTS) is 1. The normalized spacial score (nSPS) is 14.0. The smallest absolute Gasteiger partial charge is 0.475 e. The Bertz CT molecular complexity index is 752. The van der Waals surface area contributed by atoms with E-state index in [1.54, 1.807) is 0 Å². The third-order valence-corrected chi connectivity index (χ3v) is 3.65. The maximum absolute atomic E-state index is 10.6. The molecule has 0 bridgehead atoms. The minimum Gasteiger partial charge on any atom is -0.475 e. The highest BCUT2D eigenvalue weighted by atomic mass is 19.4. The largest absolute Gasteiger partial charge is 0.490 e. The first kappa shape index (κ1) is 19.4. The number of carboxylic acids is 1. The number of aryl methyl sites for hydroxylation is 1. The number of aliphatic carboxylic acids is 1. The number of aromatic nitrogens is 3. The second kappa shape index (κ2) is 7.98. The predicted molar refractivity (Wildman–Crippen MR) is 89.0 cm³/mol. The number of hydrogen-bond acceptors (Lipinski definition) is 6. The van der Waals surface area contributed by atoms with Gasteiger partial charge in [0.15, 0.2) is 5.82 Å². The van der Waals surface area contributed by atoms with Gasteiger partial charge < -0.3 is 14.9 Å². The minimum absolute atomic E-state index is 0.825. The molecule has 0 aromatic carbocycles. The molecule has 0 saturated heterocycles. The van der Waals surface area contributed by atoms with Gasteiger partial charge in [-0.05, 0) is 25.1 Å². The summed E-state index contributed by atoms with van der Waals surface area (Å²) >= 11 is 0. The second-order valence-electron chi connectivity index (χ2n) is 5.67. The van der Waals surface area contributed by atoms with Gasteiger partial charge >= 0.3 is 12.1 Å². The Morgan fingerprint density at radius 2 is 1.88 bits per heavy atom. The van der Waals surface area contributed by atoms with Crippen LogP contribution < -0.4 is 9.80 Å². The van der Waals surface area contributed by atoms with E-state index < -0.39 is 12.1 Å². The number of pyridine rings is 1. The number of rotatable bonds is 1. The van der Waals surface area contributed by atoms with E-state index in [-0.39, 0.29) is 0 Å². The number of anilines is 2. The van der Waals surface area contributed by atoms with Crippen molar-refractivity contribution >= 4 is 17.6 Å². The highest BCUT2D eigenvalue weighted by Gasteiger charge is 2.38. The Balaban J connectivity index is 0.000000298. The van der Waals surface area contributed by atoms with Crippen LogP contribution in [0.2, 0.25) is 0 Å². The van der Waals surface area contributed by atoms with Gasteiger partial charge in [0.25, 0.3) is 0 Å². The van der Waals surface area contributed by atoms with Gasteiger partial charge in [-0.15, -0.1) is 5.10 Å². The van der Waals surface area contributed by atoms with Gasteiger partial charge in [-0.3, -0.25) is 0 Å². The van der Waals surface area contributed by atoms with E-state index in [1.807, 2.05) is 31.3 Å². The van der Waals surface area contributed by atoms with Crippen LogP contribution in [-0.4, -0.2) is 52.6 Å². The highest BCUT2D eigenvalue weighted by Crippen LogP contribution is 2.23. The lowest BCUT2D eigenvalue weighted by atomic mass is 10.2. The molecule has 10 heteroatoms. The Kier molecular flexibility index (Phi) is 5.96. The van der Waals surface area contributed by atoms with Crippen LogP contribution in [0.15, 0.2) is 30.5 Å². The number of nitrogens with zero attached hydrogens (tertiary/aromatic N) is 5. The van der Waals surface area contributed by atoms with Gasteiger partial charge in [-0.25, -0.2) is 9.78 Å². The molecular weight excluding hydrogens is 351 g/mol. The first-order chi connectivity index (χ1) is 12.2. The molecule has 0 aliphatic carbocycles. The molecule has 7 nitrogen and oxygen atoms in total. The first-order valence-corrected chi connectivity index (χ1v) is 7.69. The third kappa shape index (κ3) is 5.04. The zero-order valence-corrected chi connectivity index (χ0v) is 14.2. The van der Waals surface area contributed by atoms with E-state index in [1.165, 1.54) is 5.56 Å². The van der Waals surface area contributed by atoms with Crippen molar-refractivity contribution in [2.24, 2.45) is 0 Å². The van der Waals surface area contributed by atoms with Crippen LogP contribution in [0.5, 0.6) is 0 Å². The molecule has 26 heavy (non-hydrogen) atoms. The average molecular weight is 369 g/mol. The van der Waals surface area contributed by atoms with Crippen molar-refractivity contribution in [1.29, 1.82) is 0 Å². The van der Waals surface area contributed by atoms with Crippen molar-refractivity contribution < 1.29 is 23.1 Å². The van der Waals surface area contributed by atoms with Crippen LogP contribution >= 0.6 is 0 Å². The SMILES string of the molecule is Cc1ccc(N2CCN(C)c3ncccc3C2)nn1.O=C(O)C(F)(F)F. The van der Waals surface area contributed by atoms with Crippen LogP contribution in [0, 0.1) is 6.92 Å². The lowest BCUT2D eigenvalue weighted by Crippen LogP contribution is -2.29. The summed E-state index contributed by atoms with van der Waals surface area (Å²) < 4.78 is 31.7. The molecule has 3 rings (SSSR count). The fraction of sp³-hybridized carbons (Fsp3) is 0.375. The molecule has 1 aliphatic rings. The Labute approximate surface area is 148 Å². The van der Waals surface area contributed by atoms with E-state index in [2.05, 4.69) is 38.1 Å². The topological polar surface area (TPSA) is 82.5 Å². The summed E-state index contributed by atoms with van der Waals surface area (Å²) in [5.74, 6) is -0.770. The summed E-state index contributed by atoms with van der Waals surface area (Å²) in [5, 5.41) is 15.5. The van der Waals surface area contributed by atoms with E-state index >= 15 is 0 Å². The fourth-order valence-electron chi connectivity index (χ4n) is 2.31. The first-order valence-electron chi connectivity index (χ1n) is 7.69. The highest BCUT2D eigenvalue weighted by molar-refractivity contribution is 5.73. The fourth-order valence-corrected chi connectivity index (χ4v) is 2.31. The molecule has 140 valence electrons. The number of likely N-dealkylation sites (N-methyl/N-ethyl adjacent to an activating group) is 1. The lowest BCUT2D eigenvalue weighted by molar-refractivity contribution is -0.192. The Morgan fingerprint density at radius 3 is 2.46 bits per heavy atom. The van der Waals surface area contributed by atoms with Gasteiger partial charge in [0.2, 0.25) is 0 Å². The molecule has 0 spiro atoms. The molecule has 0 fully saturated rings. The molecule has 2 aromatic heterocycles. The molecule has 0 amide bonds. The predicted octanol–water partition coefficient (Wildman–Crippen LogP) is 2.27. The van der Waals surface area contributed by atoms with Gasteiger partial charge in [0, 0.05) is 38.4 Å². The van der Waals surface area contributed by atoms with Gasteiger partial charge in [-0.1, -0.05) is 6.07 Å². The van der Waals surface area contributed by atoms with Gasteiger partial charge in [0.1, 0.15) is 5.82 Å². The van der Waals surface area contributed by atoms with Crippen molar-refractivity contribution in [3.63, 3.8) is 0 Å². The maximum atomic E-state index is 10.6. The summed E-state index contributed by atoms with van der Waals surface area (Å²) in [6.45, 7) is 4.63. The number of alkyl halides is 3. The molecular formula is C16H18F3N5O2. The molecule has 3 heterocycles. The Morgan fingerprint density at radius 1 is 1.19 bits per heavy atom. The number of fused-ring (bicyclic) bond motifs is 1. The van der Waals surface area contributed by atoms with Crippen molar-refractivity contribution in [3.05, 3.63) is 41.7 Å². The summed E-state index contributed by atoms with van der Waals surface area (Å²) in [6, 6.07) is 8.14. The van der Waals surface area contributed by atoms with E-state index in [4.69, 9.17) is 9.90 Å². The van der Waals surface area contributed by atoms with Crippen LogP contribution in [0.3, 0.4) is 0 Å². The third-order valence-electron chi connectivity index (χ3n) is 3.65. The summed E-state index contributed by atoms with van der Waals surface area (Å²) in [7, 11) is 2.08. The number of hydrogen-bond donors (Lipinski definition) is 1. The average Bonchev–Trinajstić information content (AvgIpc) is 2.75. The molecule has 0 saturated carbocycles. The molecule has 1 N–H and O–H groups in total. The van der Waals surface area contributed by atoms with Crippen molar-refractivity contribution in [2.75, 3.05) is 29.9 Å². The van der Waals surface area contributed by atoms with Crippen molar-refractivity contribution in [1.82, 2.24) is 15.2 Å². The van der Waals surface area contributed by atoms with Crippen LogP contribution in [-0.2, 0) is 11.3 Å². The summed E-state index contributed by atoms with van der Waals surface area (Å²) in [4.78, 5) is 17.8. The quantitative estimate of drug-likeness (QED) is 0.826. The van der Waals surface area contributed by atoms with Crippen LogP contribution in [0.1, 0.15) is 11.3 Å². The molecule has 0 atom stereocenters. The number of carbonyl (C=O) groups is 1. The monoisotopic (exact) mass is 369 g/mol. The lowest BCUT2D eigenvalue weighted by Gasteiger charge is -2.21. The van der Waals surface area contributed by atoms with Crippen molar-refractivity contribution in [2.45, 2.75) is 19.6 Å². The summed E-state index contributed by atoms with van der Waals surface area (Å²) in [6.07, 6.45) is -3.24. The van der Waals surface area contributed by atoms with Gasteiger partial charge in [0.05, 0.1) is 5.69 Å².